The standard InChI is InChI=1S/C24H28N2O4/c1-24(2,29)17-7-8-22-20(13-17)18(19-5-3-10-25-21(19)15-30-22)6-4-11-26-12-9-16(14-26)23(27)28/h3,5-8,10,13,16,29H,4,9,11-12,14-15H2,1-2H3,(H,27,28). The van der Waals surface area contributed by atoms with Gasteiger partial charge in [0.05, 0.1) is 17.2 Å². The Bertz CT molecular complexity index is 977. The number of hydrogen-bond acceptors (Lipinski definition) is 5. The van der Waals surface area contributed by atoms with Crippen LogP contribution in [0.25, 0.3) is 5.57 Å². The molecule has 1 atom stereocenters. The van der Waals surface area contributed by atoms with Crippen LogP contribution in [0.3, 0.4) is 0 Å². The average molecular weight is 408 g/mol. The third kappa shape index (κ3) is 4.25. The zero-order valence-corrected chi connectivity index (χ0v) is 17.5. The molecule has 0 amide bonds. The third-order valence-electron chi connectivity index (χ3n) is 5.94. The molecule has 0 spiro atoms. The second-order valence-electron chi connectivity index (χ2n) is 8.59. The molecule has 30 heavy (non-hydrogen) atoms. The van der Waals surface area contributed by atoms with Crippen LogP contribution in [0.4, 0.5) is 0 Å². The summed E-state index contributed by atoms with van der Waals surface area (Å²) < 4.78 is 6.03. The molecule has 0 aliphatic carbocycles. The number of fused-ring (bicyclic) bond motifs is 2. The topological polar surface area (TPSA) is 82.9 Å². The summed E-state index contributed by atoms with van der Waals surface area (Å²) in [4.78, 5) is 17.9. The highest BCUT2D eigenvalue weighted by molar-refractivity contribution is 5.84. The van der Waals surface area contributed by atoms with Gasteiger partial charge < -0.3 is 19.8 Å². The molecule has 1 fully saturated rings. The van der Waals surface area contributed by atoms with Crippen molar-refractivity contribution in [1.82, 2.24) is 9.88 Å². The predicted molar refractivity (Wildman–Crippen MR) is 114 cm³/mol. The van der Waals surface area contributed by atoms with E-state index in [1.165, 1.54) is 0 Å². The normalized spacial score (nSPS) is 20.4. The van der Waals surface area contributed by atoms with Crippen molar-refractivity contribution in [2.24, 2.45) is 5.92 Å². The number of likely N-dealkylation sites (tertiary alicyclic amines) is 1. The minimum absolute atomic E-state index is 0.260. The number of ether oxygens (including phenoxy) is 1. The highest BCUT2D eigenvalue weighted by Crippen LogP contribution is 2.38. The quantitative estimate of drug-likeness (QED) is 0.789. The van der Waals surface area contributed by atoms with Crippen molar-refractivity contribution < 1.29 is 19.7 Å². The summed E-state index contributed by atoms with van der Waals surface area (Å²) in [5.41, 5.74) is 3.79. The van der Waals surface area contributed by atoms with Crippen molar-refractivity contribution >= 4 is 11.5 Å². The van der Waals surface area contributed by atoms with Crippen molar-refractivity contribution in [3.8, 4) is 5.75 Å². The number of aliphatic hydroxyl groups is 1. The Balaban J connectivity index is 1.65. The minimum Gasteiger partial charge on any atom is -0.487 e. The summed E-state index contributed by atoms with van der Waals surface area (Å²) in [5, 5.41) is 19.7. The maximum Gasteiger partial charge on any atom is 0.307 e. The molecule has 1 aromatic carbocycles. The first-order valence-electron chi connectivity index (χ1n) is 10.4. The van der Waals surface area contributed by atoms with Crippen molar-refractivity contribution in [3.63, 3.8) is 0 Å². The van der Waals surface area contributed by atoms with Gasteiger partial charge in [0.25, 0.3) is 0 Å². The van der Waals surface area contributed by atoms with Gasteiger partial charge in [0.1, 0.15) is 12.4 Å². The zero-order chi connectivity index (χ0) is 21.3. The fourth-order valence-corrected chi connectivity index (χ4v) is 4.19. The highest BCUT2D eigenvalue weighted by Gasteiger charge is 2.28. The van der Waals surface area contributed by atoms with Gasteiger partial charge >= 0.3 is 5.97 Å². The van der Waals surface area contributed by atoms with E-state index in [9.17, 15) is 15.0 Å². The van der Waals surface area contributed by atoms with Gasteiger partial charge in [-0.2, -0.15) is 0 Å². The lowest BCUT2D eigenvalue weighted by atomic mass is 9.90. The fourth-order valence-electron chi connectivity index (χ4n) is 4.19. The van der Waals surface area contributed by atoms with Gasteiger partial charge in [0.2, 0.25) is 0 Å². The lowest BCUT2D eigenvalue weighted by Crippen LogP contribution is -2.24. The average Bonchev–Trinajstić information content (AvgIpc) is 3.13. The van der Waals surface area contributed by atoms with Crippen LogP contribution in [0.2, 0.25) is 0 Å². The summed E-state index contributed by atoms with van der Waals surface area (Å²) in [6.07, 6.45) is 5.47. The number of benzene rings is 1. The summed E-state index contributed by atoms with van der Waals surface area (Å²) in [5.74, 6) is -0.187. The largest absolute Gasteiger partial charge is 0.487 e. The number of aliphatic carboxylic acids is 1. The van der Waals surface area contributed by atoms with Crippen LogP contribution in [0.15, 0.2) is 42.6 Å². The summed E-state index contributed by atoms with van der Waals surface area (Å²) >= 11 is 0. The van der Waals surface area contributed by atoms with Crippen LogP contribution in [0, 0.1) is 5.92 Å². The highest BCUT2D eigenvalue weighted by atomic mass is 16.5. The number of nitrogens with zero attached hydrogens (tertiary/aromatic N) is 2. The first-order chi connectivity index (χ1) is 14.3. The van der Waals surface area contributed by atoms with Crippen LogP contribution in [-0.4, -0.2) is 45.7 Å². The van der Waals surface area contributed by atoms with E-state index in [1.807, 2.05) is 24.3 Å². The van der Waals surface area contributed by atoms with E-state index in [4.69, 9.17) is 4.74 Å². The molecule has 2 aliphatic heterocycles. The van der Waals surface area contributed by atoms with Gasteiger partial charge in [0.15, 0.2) is 0 Å². The molecule has 4 rings (SSSR count). The van der Waals surface area contributed by atoms with Gasteiger partial charge in [-0.25, -0.2) is 0 Å². The number of aromatic nitrogens is 1. The number of carboxylic acid groups (broad SMARTS) is 1. The molecule has 6 nitrogen and oxygen atoms in total. The molecule has 2 aliphatic rings. The van der Waals surface area contributed by atoms with Crippen molar-refractivity contribution in [2.75, 3.05) is 19.6 Å². The number of rotatable bonds is 5. The van der Waals surface area contributed by atoms with E-state index in [-0.39, 0.29) is 5.92 Å². The summed E-state index contributed by atoms with van der Waals surface area (Å²) in [7, 11) is 0. The van der Waals surface area contributed by atoms with Gasteiger partial charge in [-0.05, 0) is 62.6 Å². The molecular formula is C24H28N2O4. The van der Waals surface area contributed by atoms with Crippen LogP contribution in [-0.2, 0) is 17.0 Å². The smallest absolute Gasteiger partial charge is 0.307 e. The van der Waals surface area contributed by atoms with Crippen LogP contribution < -0.4 is 4.74 Å². The van der Waals surface area contributed by atoms with E-state index < -0.39 is 11.6 Å². The first kappa shape index (κ1) is 20.6. The van der Waals surface area contributed by atoms with E-state index in [1.54, 1.807) is 20.0 Å². The number of pyridine rings is 1. The van der Waals surface area contributed by atoms with E-state index in [2.05, 4.69) is 22.0 Å². The maximum absolute atomic E-state index is 11.2. The maximum atomic E-state index is 11.2. The van der Waals surface area contributed by atoms with Gasteiger partial charge in [0, 0.05) is 30.4 Å². The number of carbonyl (C=O) groups is 1. The van der Waals surface area contributed by atoms with Crippen LogP contribution in [0.5, 0.6) is 5.75 Å². The molecule has 1 aromatic heterocycles. The Hall–Kier alpha value is -2.70. The third-order valence-corrected chi connectivity index (χ3v) is 5.94. The Labute approximate surface area is 176 Å². The second kappa shape index (κ2) is 8.20. The van der Waals surface area contributed by atoms with E-state index >= 15 is 0 Å². The van der Waals surface area contributed by atoms with Gasteiger partial charge in [-0.15, -0.1) is 0 Å². The van der Waals surface area contributed by atoms with Crippen LogP contribution >= 0.6 is 0 Å². The molecule has 1 unspecified atom stereocenters. The lowest BCUT2D eigenvalue weighted by Gasteiger charge is -2.20. The van der Waals surface area contributed by atoms with Crippen molar-refractivity contribution in [1.29, 1.82) is 0 Å². The first-order valence-corrected chi connectivity index (χ1v) is 10.4. The van der Waals surface area contributed by atoms with Gasteiger partial charge in [-0.3, -0.25) is 9.78 Å². The monoisotopic (exact) mass is 408 g/mol. The molecule has 1 saturated heterocycles. The van der Waals surface area contributed by atoms with Gasteiger partial charge in [-0.1, -0.05) is 18.2 Å². The second-order valence-corrected chi connectivity index (χ2v) is 8.59. The Morgan fingerprint density at radius 1 is 1.33 bits per heavy atom. The lowest BCUT2D eigenvalue weighted by molar-refractivity contribution is -0.141. The Kier molecular flexibility index (Phi) is 5.62. The molecule has 0 bridgehead atoms. The molecule has 6 heteroatoms. The van der Waals surface area contributed by atoms with Crippen molar-refractivity contribution in [3.05, 3.63) is 65.0 Å². The predicted octanol–water partition coefficient (Wildman–Crippen LogP) is 3.43. The molecular weight excluding hydrogens is 380 g/mol. The number of hydrogen-bond donors (Lipinski definition) is 2. The minimum atomic E-state index is -0.953. The Morgan fingerprint density at radius 2 is 2.17 bits per heavy atom. The van der Waals surface area contributed by atoms with Crippen molar-refractivity contribution in [2.45, 2.75) is 38.9 Å². The fraction of sp³-hybridized carbons (Fsp3) is 0.417. The summed E-state index contributed by atoms with van der Waals surface area (Å²) in [6.45, 7) is 6.19. The molecule has 2 N–H and O–H groups in total. The Morgan fingerprint density at radius 3 is 2.90 bits per heavy atom. The molecule has 2 aromatic rings. The number of carboxylic acids is 1. The molecule has 0 saturated carbocycles. The molecule has 3 heterocycles. The molecule has 158 valence electrons. The van der Waals surface area contributed by atoms with E-state index in [0.717, 1.165) is 53.2 Å². The SMILES string of the molecule is CC(C)(O)c1ccc2c(c1)C(=CCCN1CCC(C(=O)O)C1)c1cccnc1CO2. The zero-order valence-electron chi connectivity index (χ0n) is 17.5. The van der Waals surface area contributed by atoms with Crippen LogP contribution in [0.1, 0.15) is 49.1 Å². The van der Waals surface area contributed by atoms with E-state index in [0.29, 0.717) is 19.6 Å². The molecule has 0 radical (unpaired) electrons. The summed E-state index contributed by atoms with van der Waals surface area (Å²) in [6, 6.07) is 9.80.